The number of carbonyl (C=O) groups is 1. The lowest BCUT2D eigenvalue weighted by atomic mass is 10.4. The van der Waals surface area contributed by atoms with Crippen molar-refractivity contribution in [3.63, 3.8) is 0 Å². The van der Waals surface area contributed by atoms with Crippen LogP contribution in [0.1, 0.15) is 36.6 Å². The van der Waals surface area contributed by atoms with E-state index in [1.54, 1.807) is 11.9 Å². The van der Waals surface area contributed by atoms with Crippen LogP contribution in [0.25, 0.3) is 0 Å². The molecule has 5 heteroatoms. The molecule has 0 radical (unpaired) electrons. The molecule has 84 valence electrons. The van der Waals surface area contributed by atoms with Gasteiger partial charge in [-0.25, -0.2) is 4.98 Å². The first-order chi connectivity index (χ1) is 7.10. The number of nitrogens with one attached hydrogen (secondary N) is 1. The molecule has 0 saturated carbocycles. The maximum absolute atomic E-state index is 11.8. The standard InChI is InChI=1S/C10H16ClN3O/c1-4-6-14(3)10(15)9-12-7(5-2)8(11)13-9/h4-6H2,1-3H3,(H,12,13). The maximum Gasteiger partial charge on any atom is 0.289 e. The van der Waals surface area contributed by atoms with Crippen LogP contribution in [0, 0.1) is 0 Å². The number of hydrogen-bond donors (Lipinski definition) is 1. The third-order valence-electron chi connectivity index (χ3n) is 2.19. The number of carbonyl (C=O) groups excluding carboxylic acids is 1. The van der Waals surface area contributed by atoms with Crippen molar-refractivity contribution in [2.75, 3.05) is 13.6 Å². The number of hydrogen-bond acceptors (Lipinski definition) is 2. The van der Waals surface area contributed by atoms with Gasteiger partial charge in [0.25, 0.3) is 5.91 Å². The van der Waals surface area contributed by atoms with Crippen LogP contribution in [0.2, 0.25) is 5.15 Å². The summed E-state index contributed by atoms with van der Waals surface area (Å²) in [4.78, 5) is 20.4. The van der Waals surface area contributed by atoms with Crippen LogP contribution in [-0.4, -0.2) is 34.4 Å². The Balaban J connectivity index is 2.82. The number of amides is 1. The van der Waals surface area contributed by atoms with E-state index in [2.05, 4.69) is 9.97 Å². The van der Waals surface area contributed by atoms with Crippen LogP contribution >= 0.6 is 11.6 Å². The average molecular weight is 230 g/mol. The fourth-order valence-electron chi connectivity index (χ4n) is 1.34. The fourth-order valence-corrected chi connectivity index (χ4v) is 1.61. The molecule has 15 heavy (non-hydrogen) atoms. The third-order valence-corrected chi connectivity index (χ3v) is 2.50. The van der Waals surface area contributed by atoms with Gasteiger partial charge in [0.2, 0.25) is 0 Å². The zero-order chi connectivity index (χ0) is 11.4. The topological polar surface area (TPSA) is 49.0 Å². The van der Waals surface area contributed by atoms with E-state index in [1.165, 1.54) is 0 Å². The zero-order valence-electron chi connectivity index (χ0n) is 9.30. The molecule has 1 rings (SSSR count). The molecule has 1 aromatic heterocycles. The lowest BCUT2D eigenvalue weighted by molar-refractivity contribution is 0.0784. The van der Waals surface area contributed by atoms with Crippen molar-refractivity contribution in [3.8, 4) is 0 Å². The zero-order valence-corrected chi connectivity index (χ0v) is 10.1. The molecular formula is C10H16ClN3O. The largest absolute Gasteiger partial charge is 0.339 e. The molecule has 1 heterocycles. The van der Waals surface area contributed by atoms with Gasteiger partial charge in [-0.05, 0) is 12.8 Å². The van der Waals surface area contributed by atoms with Gasteiger partial charge >= 0.3 is 0 Å². The summed E-state index contributed by atoms with van der Waals surface area (Å²) >= 11 is 5.86. The number of rotatable bonds is 4. The number of aromatic amines is 1. The molecular weight excluding hydrogens is 214 g/mol. The van der Waals surface area contributed by atoms with E-state index in [1.807, 2.05) is 13.8 Å². The number of imidazole rings is 1. The number of aryl methyl sites for hydroxylation is 1. The summed E-state index contributed by atoms with van der Waals surface area (Å²) in [6, 6.07) is 0. The Morgan fingerprint density at radius 3 is 2.67 bits per heavy atom. The second-order valence-electron chi connectivity index (χ2n) is 3.44. The van der Waals surface area contributed by atoms with Crippen molar-refractivity contribution in [3.05, 3.63) is 16.7 Å². The van der Waals surface area contributed by atoms with Crippen LogP contribution in [0.3, 0.4) is 0 Å². The Kier molecular flexibility index (Phi) is 4.15. The van der Waals surface area contributed by atoms with Crippen molar-refractivity contribution < 1.29 is 4.79 Å². The highest BCUT2D eigenvalue weighted by atomic mass is 35.5. The molecule has 0 aliphatic rings. The van der Waals surface area contributed by atoms with Gasteiger partial charge in [0, 0.05) is 13.6 Å². The molecule has 0 bridgehead atoms. The second-order valence-corrected chi connectivity index (χ2v) is 3.79. The molecule has 0 aliphatic heterocycles. The van der Waals surface area contributed by atoms with Crippen LogP contribution in [-0.2, 0) is 6.42 Å². The highest BCUT2D eigenvalue weighted by Gasteiger charge is 2.16. The van der Waals surface area contributed by atoms with Crippen molar-refractivity contribution in [1.82, 2.24) is 14.9 Å². The lowest BCUT2D eigenvalue weighted by Crippen LogP contribution is -2.28. The molecule has 1 aromatic rings. The quantitative estimate of drug-likeness (QED) is 0.860. The minimum atomic E-state index is -0.113. The molecule has 1 N–H and O–H groups in total. The van der Waals surface area contributed by atoms with Gasteiger partial charge in [0.15, 0.2) is 11.0 Å². The molecule has 4 nitrogen and oxygen atoms in total. The summed E-state index contributed by atoms with van der Waals surface area (Å²) in [6.45, 7) is 4.71. The second kappa shape index (κ2) is 5.16. The number of H-pyrrole nitrogens is 1. The smallest absolute Gasteiger partial charge is 0.289 e. The minimum absolute atomic E-state index is 0.113. The van der Waals surface area contributed by atoms with E-state index in [0.717, 1.165) is 25.1 Å². The number of nitrogens with zero attached hydrogens (tertiary/aromatic N) is 2. The Labute approximate surface area is 94.6 Å². The van der Waals surface area contributed by atoms with Crippen LogP contribution in [0.5, 0.6) is 0 Å². The van der Waals surface area contributed by atoms with E-state index in [0.29, 0.717) is 11.0 Å². The Bertz CT molecular complexity index is 348. The first-order valence-electron chi connectivity index (χ1n) is 5.10. The predicted molar refractivity (Wildman–Crippen MR) is 60.2 cm³/mol. The monoisotopic (exact) mass is 229 g/mol. The fraction of sp³-hybridized carbons (Fsp3) is 0.600. The summed E-state index contributed by atoms with van der Waals surface area (Å²) in [5, 5.41) is 0.394. The average Bonchev–Trinajstić information content (AvgIpc) is 2.59. The van der Waals surface area contributed by atoms with Crippen molar-refractivity contribution >= 4 is 17.5 Å². The van der Waals surface area contributed by atoms with Gasteiger partial charge < -0.3 is 9.88 Å². The van der Waals surface area contributed by atoms with Gasteiger partial charge in [-0.15, -0.1) is 0 Å². The van der Waals surface area contributed by atoms with Gasteiger partial charge in [0.05, 0.1) is 5.69 Å². The van der Waals surface area contributed by atoms with E-state index in [4.69, 9.17) is 11.6 Å². The summed E-state index contributed by atoms with van der Waals surface area (Å²) in [7, 11) is 1.76. The molecule has 0 spiro atoms. The van der Waals surface area contributed by atoms with Crippen LogP contribution in [0.15, 0.2) is 0 Å². The van der Waals surface area contributed by atoms with E-state index < -0.39 is 0 Å². The third kappa shape index (κ3) is 2.72. The van der Waals surface area contributed by atoms with Crippen molar-refractivity contribution in [2.24, 2.45) is 0 Å². The van der Waals surface area contributed by atoms with Crippen LogP contribution < -0.4 is 0 Å². The van der Waals surface area contributed by atoms with Gasteiger partial charge in [-0.2, -0.15) is 0 Å². The first kappa shape index (κ1) is 12.0. The first-order valence-corrected chi connectivity index (χ1v) is 5.47. The molecule has 1 amide bonds. The van der Waals surface area contributed by atoms with Gasteiger partial charge in [-0.3, -0.25) is 4.79 Å². The Hall–Kier alpha value is -1.03. The Morgan fingerprint density at radius 2 is 2.20 bits per heavy atom. The Morgan fingerprint density at radius 1 is 1.53 bits per heavy atom. The van der Waals surface area contributed by atoms with Crippen molar-refractivity contribution in [2.45, 2.75) is 26.7 Å². The highest BCUT2D eigenvalue weighted by molar-refractivity contribution is 6.30. The normalized spacial score (nSPS) is 10.4. The molecule has 0 saturated heterocycles. The molecule has 0 unspecified atom stereocenters. The number of halogens is 1. The SMILES string of the molecule is CCCN(C)C(=O)c1nc(Cl)c(CC)[nH]1. The van der Waals surface area contributed by atoms with Crippen LogP contribution in [0.4, 0.5) is 0 Å². The van der Waals surface area contributed by atoms with Crippen molar-refractivity contribution in [1.29, 1.82) is 0 Å². The summed E-state index contributed by atoms with van der Waals surface area (Å²) in [5.41, 5.74) is 0.810. The lowest BCUT2D eigenvalue weighted by Gasteiger charge is -2.13. The van der Waals surface area contributed by atoms with Gasteiger partial charge in [0.1, 0.15) is 0 Å². The predicted octanol–water partition coefficient (Wildman–Crippen LogP) is 2.11. The molecule has 0 fully saturated rings. The summed E-state index contributed by atoms with van der Waals surface area (Å²) in [5.74, 6) is 0.214. The van der Waals surface area contributed by atoms with Gasteiger partial charge in [-0.1, -0.05) is 25.4 Å². The number of aromatic nitrogens is 2. The molecule has 0 aliphatic carbocycles. The van der Waals surface area contributed by atoms with E-state index in [9.17, 15) is 4.79 Å². The maximum atomic E-state index is 11.8. The minimum Gasteiger partial charge on any atom is -0.339 e. The molecule has 0 atom stereocenters. The summed E-state index contributed by atoms with van der Waals surface area (Å²) in [6.07, 6.45) is 1.67. The van der Waals surface area contributed by atoms with E-state index in [-0.39, 0.29) is 5.91 Å². The van der Waals surface area contributed by atoms with E-state index >= 15 is 0 Å². The highest BCUT2D eigenvalue weighted by Crippen LogP contribution is 2.13. The molecule has 0 aromatic carbocycles. The summed E-state index contributed by atoms with van der Waals surface area (Å²) < 4.78 is 0.